The minimum absolute atomic E-state index is 0.186. The molecule has 1 aliphatic carbocycles. The minimum Gasteiger partial charge on any atom is -0.323 e. The van der Waals surface area contributed by atoms with Crippen molar-refractivity contribution in [3.05, 3.63) is 35.4 Å². The predicted molar refractivity (Wildman–Crippen MR) is 63.7 cm³/mol. The maximum absolute atomic E-state index is 6.33. The Bertz CT molecular complexity index is 325. The van der Waals surface area contributed by atoms with Crippen LogP contribution in [0.15, 0.2) is 24.3 Å². The molecule has 0 heterocycles. The van der Waals surface area contributed by atoms with E-state index in [0.717, 1.165) is 6.54 Å². The first-order chi connectivity index (χ1) is 7.18. The Morgan fingerprint density at radius 3 is 2.40 bits per heavy atom. The summed E-state index contributed by atoms with van der Waals surface area (Å²) >= 11 is 0. The summed E-state index contributed by atoms with van der Waals surface area (Å²) in [6.45, 7) is 3.14. The van der Waals surface area contributed by atoms with Crippen molar-refractivity contribution in [1.29, 1.82) is 0 Å². The van der Waals surface area contributed by atoms with Gasteiger partial charge in [-0.1, -0.05) is 29.8 Å². The van der Waals surface area contributed by atoms with Crippen LogP contribution in [0.3, 0.4) is 0 Å². The average molecular weight is 204 g/mol. The fourth-order valence-corrected chi connectivity index (χ4v) is 2.24. The van der Waals surface area contributed by atoms with Crippen molar-refractivity contribution in [1.82, 2.24) is 5.32 Å². The van der Waals surface area contributed by atoms with E-state index in [1.807, 2.05) is 7.05 Å². The van der Waals surface area contributed by atoms with Gasteiger partial charge in [0.05, 0.1) is 0 Å². The first kappa shape index (κ1) is 10.7. The molecular weight excluding hydrogens is 184 g/mol. The molecule has 1 aromatic rings. The van der Waals surface area contributed by atoms with E-state index in [-0.39, 0.29) is 6.04 Å². The molecule has 0 bridgehead atoms. The highest BCUT2D eigenvalue weighted by Crippen LogP contribution is 2.53. The van der Waals surface area contributed by atoms with Gasteiger partial charge >= 0.3 is 0 Å². The van der Waals surface area contributed by atoms with Gasteiger partial charge in [-0.25, -0.2) is 0 Å². The van der Waals surface area contributed by atoms with E-state index in [0.29, 0.717) is 5.41 Å². The van der Waals surface area contributed by atoms with Gasteiger partial charge in [-0.3, -0.25) is 0 Å². The van der Waals surface area contributed by atoms with Gasteiger partial charge in [0.1, 0.15) is 0 Å². The summed E-state index contributed by atoms with van der Waals surface area (Å²) < 4.78 is 0. The molecule has 1 unspecified atom stereocenters. The topological polar surface area (TPSA) is 38.0 Å². The summed E-state index contributed by atoms with van der Waals surface area (Å²) in [5.41, 5.74) is 9.22. The molecule has 0 saturated heterocycles. The SMILES string of the molecule is CNCC1(C(N)c2ccc(C)cc2)CC1. The van der Waals surface area contributed by atoms with Crippen LogP contribution in [0.25, 0.3) is 0 Å². The van der Waals surface area contributed by atoms with Crippen LogP contribution in [-0.2, 0) is 0 Å². The first-order valence-corrected chi connectivity index (χ1v) is 5.65. The van der Waals surface area contributed by atoms with Crippen molar-refractivity contribution in [3.8, 4) is 0 Å². The predicted octanol–water partition coefficient (Wildman–Crippen LogP) is 1.99. The van der Waals surface area contributed by atoms with E-state index < -0.39 is 0 Å². The molecule has 1 aliphatic rings. The molecule has 0 amide bonds. The maximum Gasteiger partial charge on any atom is 0.0364 e. The summed E-state index contributed by atoms with van der Waals surface area (Å²) in [4.78, 5) is 0. The summed E-state index contributed by atoms with van der Waals surface area (Å²) in [6.07, 6.45) is 2.51. The van der Waals surface area contributed by atoms with Gasteiger partial charge in [-0.2, -0.15) is 0 Å². The zero-order valence-corrected chi connectivity index (χ0v) is 9.59. The van der Waals surface area contributed by atoms with Crippen LogP contribution in [0.5, 0.6) is 0 Å². The fraction of sp³-hybridized carbons (Fsp3) is 0.538. The number of aryl methyl sites for hydroxylation is 1. The van der Waals surface area contributed by atoms with Crippen molar-refractivity contribution in [2.24, 2.45) is 11.1 Å². The molecule has 0 spiro atoms. The average Bonchev–Trinajstić information content (AvgIpc) is 3.00. The largest absolute Gasteiger partial charge is 0.323 e. The normalized spacial score (nSPS) is 19.9. The van der Waals surface area contributed by atoms with E-state index in [1.54, 1.807) is 0 Å². The summed E-state index contributed by atoms with van der Waals surface area (Å²) in [5, 5.41) is 3.25. The lowest BCUT2D eigenvalue weighted by atomic mass is 9.90. The van der Waals surface area contributed by atoms with Crippen molar-refractivity contribution in [2.75, 3.05) is 13.6 Å². The number of nitrogens with two attached hydrogens (primary N) is 1. The smallest absolute Gasteiger partial charge is 0.0364 e. The van der Waals surface area contributed by atoms with E-state index in [4.69, 9.17) is 5.73 Å². The van der Waals surface area contributed by atoms with Crippen molar-refractivity contribution >= 4 is 0 Å². The van der Waals surface area contributed by atoms with Crippen molar-refractivity contribution in [3.63, 3.8) is 0 Å². The molecule has 0 radical (unpaired) electrons. The maximum atomic E-state index is 6.33. The van der Waals surface area contributed by atoms with Crippen LogP contribution in [0.2, 0.25) is 0 Å². The molecule has 2 nitrogen and oxygen atoms in total. The monoisotopic (exact) mass is 204 g/mol. The van der Waals surface area contributed by atoms with Crippen LogP contribution in [0, 0.1) is 12.3 Å². The second-order valence-corrected chi connectivity index (χ2v) is 4.78. The number of benzene rings is 1. The summed E-state index contributed by atoms with van der Waals surface area (Å²) in [5.74, 6) is 0. The van der Waals surface area contributed by atoms with Crippen molar-refractivity contribution < 1.29 is 0 Å². The molecule has 15 heavy (non-hydrogen) atoms. The lowest BCUT2D eigenvalue weighted by molar-refractivity contribution is 0.392. The van der Waals surface area contributed by atoms with Gasteiger partial charge < -0.3 is 11.1 Å². The molecule has 1 aromatic carbocycles. The van der Waals surface area contributed by atoms with Crippen LogP contribution < -0.4 is 11.1 Å². The van der Waals surface area contributed by atoms with E-state index >= 15 is 0 Å². The van der Waals surface area contributed by atoms with Gasteiger partial charge in [0.25, 0.3) is 0 Å². The summed E-state index contributed by atoms with van der Waals surface area (Å²) in [7, 11) is 2.00. The number of hydrogen-bond acceptors (Lipinski definition) is 2. The molecule has 1 atom stereocenters. The van der Waals surface area contributed by atoms with E-state index in [1.165, 1.54) is 24.0 Å². The van der Waals surface area contributed by atoms with Crippen LogP contribution in [0.1, 0.15) is 30.0 Å². The quantitative estimate of drug-likeness (QED) is 0.787. The third-order valence-electron chi connectivity index (χ3n) is 3.52. The molecule has 82 valence electrons. The van der Waals surface area contributed by atoms with Gasteiger partial charge in [-0.15, -0.1) is 0 Å². The Balaban J connectivity index is 2.13. The second-order valence-electron chi connectivity index (χ2n) is 4.78. The molecule has 0 aliphatic heterocycles. The first-order valence-electron chi connectivity index (χ1n) is 5.65. The molecule has 3 N–H and O–H groups in total. The van der Waals surface area contributed by atoms with Crippen molar-refractivity contribution in [2.45, 2.75) is 25.8 Å². The highest BCUT2D eigenvalue weighted by molar-refractivity contribution is 5.27. The minimum atomic E-state index is 0.186. The number of nitrogens with one attached hydrogen (secondary N) is 1. The third-order valence-corrected chi connectivity index (χ3v) is 3.52. The standard InChI is InChI=1S/C13H20N2/c1-10-3-5-11(6-4-10)12(14)13(7-8-13)9-15-2/h3-6,12,15H,7-9,14H2,1-2H3. The molecular formula is C13H20N2. The van der Waals surface area contributed by atoms with Crippen LogP contribution in [0.4, 0.5) is 0 Å². The zero-order valence-electron chi connectivity index (χ0n) is 9.59. The number of rotatable bonds is 4. The second kappa shape index (κ2) is 3.95. The highest BCUT2D eigenvalue weighted by Gasteiger charge is 2.47. The molecule has 1 fully saturated rings. The highest BCUT2D eigenvalue weighted by atomic mass is 14.9. The Morgan fingerprint density at radius 1 is 1.33 bits per heavy atom. The number of hydrogen-bond donors (Lipinski definition) is 2. The van der Waals surface area contributed by atoms with Gasteiger partial charge in [0.15, 0.2) is 0 Å². The van der Waals surface area contributed by atoms with Crippen LogP contribution >= 0.6 is 0 Å². The van der Waals surface area contributed by atoms with Gasteiger partial charge in [-0.05, 0) is 32.4 Å². The lowest BCUT2D eigenvalue weighted by Crippen LogP contribution is -2.31. The molecule has 2 rings (SSSR count). The lowest BCUT2D eigenvalue weighted by Gasteiger charge is -2.23. The molecule has 0 aromatic heterocycles. The zero-order chi connectivity index (χ0) is 10.9. The summed E-state index contributed by atoms with van der Waals surface area (Å²) in [6, 6.07) is 8.80. The van der Waals surface area contributed by atoms with E-state index in [2.05, 4.69) is 36.5 Å². The Kier molecular flexibility index (Phi) is 2.81. The van der Waals surface area contributed by atoms with Gasteiger partial charge in [0.2, 0.25) is 0 Å². The molecule has 2 heteroatoms. The third kappa shape index (κ3) is 2.06. The fourth-order valence-electron chi connectivity index (χ4n) is 2.24. The van der Waals surface area contributed by atoms with Crippen LogP contribution in [-0.4, -0.2) is 13.6 Å². The Morgan fingerprint density at radius 2 is 1.93 bits per heavy atom. The Labute approximate surface area is 91.9 Å². The molecule has 1 saturated carbocycles. The van der Waals surface area contributed by atoms with Gasteiger partial charge in [0, 0.05) is 18.0 Å². The Hall–Kier alpha value is -0.860. The van der Waals surface area contributed by atoms with E-state index in [9.17, 15) is 0 Å².